The van der Waals surface area contributed by atoms with Gasteiger partial charge in [-0.3, -0.25) is 4.79 Å². The van der Waals surface area contributed by atoms with Gasteiger partial charge in [-0.05, 0) is 44.4 Å². The zero-order valence-corrected chi connectivity index (χ0v) is 19.1. The lowest BCUT2D eigenvalue weighted by molar-refractivity contribution is -0.125. The lowest BCUT2D eigenvalue weighted by atomic mass is 10.0. The Labute approximate surface area is 194 Å². The molecular formula is C27H29N5O. The van der Waals surface area contributed by atoms with E-state index in [-0.39, 0.29) is 11.9 Å². The molecule has 2 aliphatic heterocycles. The van der Waals surface area contributed by atoms with Gasteiger partial charge in [-0.25, -0.2) is 9.97 Å². The predicted molar refractivity (Wildman–Crippen MR) is 132 cm³/mol. The van der Waals surface area contributed by atoms with Crippen LogP contribution in [0.1, 0.15) is 33.1 Å². The van der Waals surface area contributed by atoms with Gasteiger partial charge >= 0.3 is 0 Å². The zero-order chi connectivity index (χ0) is 22.8. The van der Waals surface area contributed by atoms with Gasteiger partial charge in [0.1, 0.15) is 5.82 Å². The summed E-state index contributed by atoms with van der Waals surface area (Å²) in [5, 5.41) is 8.04. The van der Waals surface area contributed by atoms with Crippen LogP contribution < -0.4 is 10.6 Å². The highest BCUT2D eigenvalue weighted by atomic mass is 16.2. The Hall–Kier alpha value is -3.67. The van der Waals surface area contributed by atoms with Gasteiger partial charge in [0, 0.05) is 35.4 Å². The number of carbonyl (C=O) groups excluding carboxylic acids is 1. The van der Waals surface area contributed by atoms with Gasteiger partial charge in [0.25, 0.3) is 5.91 Å². The van der Waals surface area contributed by atoms with E-state index in [1.165, 1.54) is 0 Å². The number of dihydropyridines is 1. The highest BCUT2D eigenvalue weighted by Crippen LogP contribution is 2.29. The molecule has 0 radical (unpaired) electrons. The van der Waals surface area contributed by atoms with Crippen molar-refractivity contribution in [1.29, 1.82) is 0 Å². The van der Waals surface area contributed by atoms with Crippen LogP contribution in [0.2, 0.25) is 0 Å². The first-order valence-corrected chi connectivity index (χ1v) is 11.7. The van der Waals surface area contributed by atoms with Gasteiger partial charge < -0.3 is 15.5 Å². The lowest BCUT2D eigenvalue weighted by Crippen LogP contribution is -2.38. The van der Waals surface area contributed by atoms with E-state index in [4.69, 9.17) is 9.97 Å². The van der Waals surface area contributed by atoms with E-state index >= 15 is 0 Å². The third kappa shape index (κ3) is 4.21. The molecule has 2 N–H and O–H groups in total. The van der Waals surface area contributed by atoms with Crippen molar-refractivity contribution in [3.63, 3.8) is 0 Å². The number of benzene rings is 2. The largest absolute Gasteiger partial charge is 0.380 e. The summed E-state index contributed by atoms with van der Waals surface area (Å²) in [6.45, 7) is 5.86. The number of carbonyl (C=O) groups is 1. The van der Waals surface area contributed by atoms with Gasteiger partial charge in [-0.2, -0.15) is 0 Å². The van der Waals surface area contributed by atoms with Gasteiger partial charge in [0.2, 0.25) is 0 Å². The third-order valence-corrected chi connectivity index (χ3v) is 6.36. The fourth-order valence-electron chi connectivity index (χ4n) is 4.53. The van der Waals surface area contributed by atoms with Crippen molar-refractivity contribution < 1.29 is 4.79 Å². The summed E-state index contributed by atoms with van der Waals surface area (Å²) >= 11 is 0. The number of likely N-dealkylation sites (tertiary alicyclic amines) is 1. The van der Waals surface area contributed by atoms with Crippen molar-refractivity contribution in [2.45, 2.75) is 39.2 Å². The molecule has 6 nitrogen and oxygen atoms in total. The molecule has 1 unspecified atom stereocenters. The van der Waals surface area contributed by atoms with Crippen LogP contribution in [0.3, 0.4) is 0 Å². The van der Waals surface area contributed by atoms with Crippen molar-refractivity contribution >= 4 is 22.6 Å². The number of aromatic nitrogens is 2. The Balaban J connectivity index is 1.55. The number of nitrogens with one attached hydrogen (secondary N) is 2. The van der Waals surface area contributed by atoms with E-state index in [9.17, 15) is 4.79 Å². The average Bonchev–Trinajstić information content (AvgIpc) is 3.40. The number of amides is 1. The molecular weight excluding hydrogens is 410 g/mol. The molecule has 3 aromatic rings. The molecule has 2 aromatic carbocycles. The zero-order valence-electron chi connectivity index (χ0n) is 19.1. The summed E-state index contributed by atoms with van der Waals surface area (Å²) in [5.74, 6) is 1.53. The first-order chi connectivity index (χ1) is 16.1. The van der Waals surface area contributed by atoms with E-state index in [1.807, 2.05) is 65.6 Å². The molecule has 5 rings (SSSR count). The number of hydrogen-bond donors (Lipinski definition) is 2. The van der Waals surface area contributed by atoms with Crippen LogP contribution in [0, 0.1) is 0 Å². The smallest absolute Gasteiger partial charge is 0.255 e. The van der Waals surface area contributed by atoms with Crippen LogP contribution in [-0.2, 0) is 4.79 Å². The van der Waals surface area contributed by atoms with Crippen molar-refractivity contribution in [2.24, 2.45) is 0 Å². The van der Waals surface area contributed by atoms with Crippen LogP contribution >= 0.6 is 0 Å². The van der Waals surface area contributed by atoms with Crippen LogP contribution in [-0.4, -0.2) is 39.9 Å². The van der Waals surface area contributed by atoms with Gasteiger partial charge in [0.15, 0.2) is 5.82 Å². The second-order valence-corrected chi connectivity index (χ2v) is 8.61. The van der Waals surface area contributed by atoms with E-state index in [2.05, 4.69) is 24.5 Å². The van der Waals surface area contributed by atoms with Gasteiger partial charge in [0.05, 0.1) is 17.1 Å². The standard InChI is InChI=1S/C27H29N5O/c1-3-22-21(27(33)32-15-9-10-16-32)17-24(18(2)28-22)30-26-20-13-7-8-14-23(20)29-25(31-26)19-11-5-4-6-12-19/h4-8,11-14,17-18,28H,3,9-10,15-16H2,1-2H3,(H,29,30,31). The van der Waals surface area contributed by atoms with Crippen molar-refractivity contribution in [2.75, 3.05) is 18.4 Å². The summed E-state index contributed by atoms with van der Waals surface area (Å²) in [6, 6.07) is 18.0. The Kier molecular flexibility index (Phi) is 5.82. The number of hydrogen-bond acceptors (Lipinski definition) is 5. The minimum Gasteiger partial charge on any atom is -0.380 e. The Morgan fingerprint density at radius 1 is 1.06 bits per heavy atom. The monoisotopic (exact) mass is 439 g/mol. The first-order valence-electron chi connectivity index (χ1n) is 11.7. The summed E-state index contributed by atoms with van der Waals surface area (Å²) < 4.78 is 0. The normalized spacial score (nSPS) is 18.3. The number of nitrogens with zero attached hydrogens (tertiary/aromatic N) is 3. The molecule has 1 aromatic heterocycles. The lowest BCUT2D eigenvalue weighted by Gasteiger charge is -2.29. The van der Waals surface area contributed by atoms with E-state index in [0.29, 0.717) is 5.82 Å². The highest BCUT2D eigenvalue weighted by molar-refractivity contribution is 5.98. The maximum Gasteiger partial charge on any atom is 0.255 e. The average molecular weight is 440 g/mol. The topological polar surface area (TPSA) is 70.2 Å². The fraction of sp³-hybridized carbons (Fsp3) is 0.296. The molecule has 6 heteroatoms. The van der Waals surface area contributed by atoms with Gasteiger partial charge in [-0.15, -0.1) is 0 Å². The molecule has 2 aliphatic rings. The van der Waals surface area contributed by atoms with Crippen LogP contribution in [0.4, 0.5) is 5.82 Å². The summed E-state index contributed by atoms with van der Waals surface area (Å²) in [6.07, 6.45) is 4.96. The molecule has 0 bridgehead atoms. The van der Waals surface area contributed by atoms with E-state index in [1.54, 1.807) is 0 Å². The molecule has 0 aliphatic carbocycles. The van der Waals surface area contributed by atoms with Crippen LogP contribution in [0.15, 0.2) is 77.6 Å². The Morgan fingerprint density at radius 3 is 2.55 bits per heavy atom. The molecule has 0 spiro atoms. The third-order valence-electron chi connectivity index (χ3n) is 6.36. The summed E-state index contributed by atoms with van der Waals surface area (Å²) in [4.78, 5) is 24.9. The quantitative estimate of drug-likeness (QED) is 0.594. The molecule has 1 atom stereocenters. The van der Waals surface area contributed by atoms with E-state index in [0.717, 1.165) is 71.6 Å². The number of fused-ring (bicyclic) bond motifs is 1. The minimum atomic E-state index is 0.0315. The van der Waals surface area contributed by atoms with Gasteiger partial charge in [-0.1, -0.05) is 49.4 Å². The minimum absolute atomic E-state index is 0.0315. The van der Waals surface area contributed by atoms with Crippen LogP contribution in [0.5, 0.6) is 0 Å². The second kappa shape index (κ2) is 9.06. The fourth-order valence-corrected chi connectivity index (χ4v) is 4.53. The van der Waals surface area contributed by atoms with E-state index < -0.39 is 0 Å². The Bertz CT molecular complexity index is 1240. The molecule has 1 saturated heterocycles. The number of anilines is 1. The van der Waals surface area contributed by atoms with Crippen molar-refractivity contribution in [3.8, 4) is 11.4 Å². The molecule has 1 amide bonds. The predicted octanol–water partition coefficient (Wildman–Crippen LogP) is 4.87. The molecule has 168 valence electrons. The maximum atomic E-state index is 13.3. The molecule has 1 fully saturated rings. The first kappa shape index (κ1) is 21.2. The van der Waals surface area contributed by atoms with Crippen molar-refractivity contribution in [3.05, 3.63) is 77.6 Å². The Morgan fingerprint density at radius 2 is 1.79 bits per heavy atom. The second-order valence-electron chi connectivity index (χ2n) is 8.61. The number of allylic oxidation sites excluding steroid dienone is 1. The summed E-state index contributed by atoms with van der Waals surface area (Å²) in [5.41, 5.74) is 4.53. The maximum absolute atomic E-state index is 13.3. The number of rotatable bonds is 5. The molecule has 33 heavy (non-hydrogen) atoms. The van der Waals surface area contributed by atoms with Crippen LogP contribution in [0.25, 0.3) is 22.3 Å². The SMILES string of the molecule is CCC1=C(C(=O)N2CCCC2)C=C(Nc2nc(-c3ccccc3)nc3ccccc23)C(C)N1. The molecule has 3 heterocycles. The van der Waals surface area contributed by atoms with Crippen molar-refractivity contribution in [1.82, 2.24) is 20.2 Å². The highest BCUT2D eigenvalue weighted by Gasteiger charge is 2.27. The molecule has 0 saturated carbocycles. The number of para-hydroxylation sites is 1. The summed E-state index contributed by atoms with van der Waals surface area (Å²) in [7, 11) is 0.